The van der Waals surface area contributed by atoms with Crippen LogP contribution in [0.5, 0.6) is 11.5 Å². The number of anilines is 1. The molecule has 30 heavy (non-hydrogen) atoms. The highest BCUT2D eigenvalue weighted by atomic mass is 79.9. The van der Waals surface area contributed by atoms with Gasteiger partial charge in [0, 0.05) is 24.1 Å². The second-order valence-corrected chi connectivity index (χ2v) is 7.50. The summed E-state index contributed by atoms with van der Waals surface area (Å²) in [5, 5.41) is 2.73. The molecule has 0 atom stereocenters. The van der Waals surface area contributed by atoms with E-state index < -0.39 is 5.91 Å². The number of furan rings is 1. The summed E-state index contributed by atoms with van der Waals surface area (Å²) >= 11 is 3.39. The second-order valence-electron chi connectivity index (χ2n) is 6.58. The molecule has 0 saturated carbocycles. The zero-order valence-electron chi connectivity index (χ0n) is 16.8. The van der Waals surface area contributed by atoms with Crippen LogP contribution in [0.4, 0.5) is 5.69 Å². The minimum absolute atomic E-state index is 0.120. The smallest absolute Gasteiger partial charge is 0.291 e. The average molecular weight is 473 g/mol. The van der Waals surface area contributed by atoms with Gasteiger partial charge in [-0.3, -0.25) is 9.59 Å². The molecule has 0 spiro atoms. The maximum absolute atomic E-state index is 12.6. The zero-order valence-corrected chi connectivity index (χ0v) is 18.4. The molecule has 1 heterocycles. The molecule has 0 bridgehead atoms. The van der Waals surface area contributed by atoms with Gasteiger partial charge in [0.15, 0.2) is 5.76 Å². The van der Waals surface area contributed by atoms with E-state index >= 15 is 0 Å². The number of methoxy groups -OCH3 is 1. The Hall–Kier alpha value is -3.26. The molecule has 0 fully saturated rings. The van der Waals surface area contributed by atoms with Crippen molar-refractivity contribution in [2.75, 3.05) is 26.5 Å². The first-order valence-corrected chi connectivity index (χ1v) is 9.85. The lowest BCUT2D eigenvalue weighted by Gasteiger charge is -2.14. The van der Waals surface area contributed by atoms with Gasteiger partial charge in [0.25, 0.3) is 11.8 Å². The van der Waals surface area contributed by atoms with Gasteiger partial charge >= 0.3 is 0 Å². The molecule has 156 valence electrons. The minimum atomic E-state index is -0.462. The molecule has 8 heteroatoms. The molecule has 0 aliphatic rings. The Balaban J connectivity index is 1.70. The lowest BCUT2D eigenvalue weighted by atomic mass is 10.1. The Kier molecular flexibility index (Phi) is 6.79. The third-order valence-corrected chi connectivity index (χ3v) is 4.66. The standard InChI is InChI=1S/C22H21BrN2O5/c1-25(2)22(27)14-7-9-19(28-3)18(11-14)24-21(26)20-10-8-17(30-20)13-29-16-6-4-5-15(23)12-16/h4-12H,13H2,1-3H3,(H,24,26). The Morgan fingerprint density at radius 1 is 1.10 bits per heavy atom. The third-order valence-electron chi connectivity index (χ3n) is 4.16. The fourth-order valence-electron chi connectivity index (χ4n) is 2.67. The number of halogens is 1. The molecule has 3 aromatic rings. The second kappa shape index (κ2) is 9.49. The average Bonchev–Trinajstić information content (AvgIpc) is 3.21. The van der Waals surface area contributed by atoms with Crippen molar-refractivity contribution in [1.29, 1.82) is 0 Å². The Labute approximate surface area is 182 Å². The van der Waals surface area contributed by atoms with E-state index in [4.69, 9.17) is 13.9 Å². The number of carbonyl (C=O) groups excluding carboxylic acids is 2. The van der Waals surface area contributed by atoms with E-state index in [2.05, 4.69) is 21.2 Å². The quantitative estimate of drug-likeness (QED) is 0.543. The number of nitrogens with one attached hydrogen (secondary N) is 1. The number of amides is 2. The highest BCUT2D eigenvalue weighted by Gasteiger charge is 2.17. The first kappa shape index (κ1) is 21.4. The van der Waals surface area contributed by atoms with Crippen molar-refractivity contribution in [2.24, 2.45) is 0 Å². The van der Waals surface area contributed by atoms with Gasteiger partial charge in [-0.25, -0.2) is 0 Å². The maximum atomic E-state index is 12.6. The van der Waals surface area contributed by atoms with Gasteiger partial charge in [-0.15, -0.1) is 0 Å². The number of carbonyl (C=O) groups is 2. The van der Waals surface area contributed by atoms with Crippen LogP contribution in [-0.2, 0) is 6.61 Å². The van der Waals surface area contributed by atoms with Crippen molar-refractivity contribution < 1.29 is 23.5 Å². The van der Waals surface area contributed by atoms with E-state index in [0.29, 0.717) is 28.5 Å². The first-order valence-electron chi connectivity index (χ1n) is 9.05. The van der Waals surface area contributed by atoms with E-state index in [1.54, 1.807) is 44.4 Å². The number of nitrogens with zero attached hydrogens (tertiary/aromatic N) is 1. The monoisotopic (exact) mass is 472 g/mol. The van der Waals surface area contributed by atoms with Crippen molar-refractivity contribution in [3.63, 3.8) is 0 Å². The van der Waals surface area contributed by atoms with Crippen molar-refractivity contribution >= 4 is 33.4 Å². The Morgan fingerprint density at radius 2 is 1.90 bits per heavy atom. The first-order chi connectivity index (χ1) is 14.4. The molecule has 0 radical (unpaired) electrons. The van der Waals surface area contributed by atoms with E-state index in [9.17, 15) is 9.59 Å². The van der Waals surface area contributed by atoms with Crippen LogP contribution in [0, 0.1) is 0 Å². The Morgan fingerprint density at radius 3 is 2.60 bits per heavy atom. The molecule has 0 saturated heterocycles. The lowest BCUT2D eigenvalue weighted by molar-refractivity contribution is 0.0827. The SMILES string of the molecule is COc1ccc(C(=O)N(C)C)cc1NC(=O)c1ccc(COc2cccc(Br)c2)o1. The molecule has 3 rings (SSSR count). The third kappa shape index (κ3) is 5.21. The van der Waals surface area contributed by atoms with Gasteiger partial charge < -0.3 is 24.1 Å². The summed E-state index contributed by atoms with van der Waals surface area (Å²) < 4.78 is 17.5. The summed E-state index contributed by atoms with van der Waals surface area (Å²) in [4.78, 5) is 26.3. The number of rotatable bonds is 7. The van der Waals surface area contributed by atoms with Crippen LogP contribution in [0.2, 0.25) is 0 Å². The number of ether oxygens (including phenoxy) is 2. The van der Waals surface area contributed by atoms with Crippen molar-refractivity contribution in [3.05, 3.63) is 76.2 Å². The predicted octanol–water partition coefficient (Wildman–Crippen LogP) is 4.58. The van der Waals surface area contributed by atoms with Crippen LogP contribution in [0.15, 0.2) is 63.5 Å². The van der Waals surface area contributed by atoms with E-state index in [1.807, 2.05) is 24.3 Å². The Bertz CT molecular complexity index is 1060. The van der Waals surface area contributed by atoms with Crippen molar-refractivity contribution in [3.8, 4) is 11.5 Å². The van der Waals surface area contributed by atoms with Gasteiger partial charge in [0.05, 0.1) is 12.8 Å². The van der Waals surface area contributed by atoms with Gasteiger partial charge in [0.1, 0.15) is 23.9 Å². The minimum Gasteiger partial charge on any atom is -0.495 e. The topological polar surface area (TPSA) is 81.0 Å². The number of benzene rings is 2. The summed E-state index contributed by atoms with van der Waals surface area (Å²) in [6.45, 7) is 0.180. The fraction of sp³-hybridized carbons (Fsp3) is 0.182. The maximum Gasteiger partial charge on any atom is 0.291 e. The lowest BCUT2D eigenvalue weighted by Crippen LogP contribution is -2.22. The highest BCUT2D eigenvalue weighted by Crippen LogP contribution is 2.27. The molecule has 1 aromatic heterocycles. The summed E-state index contributed by atoms with van der Waals surface area (Å²) in [7, 11) is 4.81. The van der Waals surface area contributed by atoms with Crippen LogP contribution in [0.1, 0.15) is 26.7 Å². The molecular weight excluding hydrogens is 452 g/mol. The largest absolute Gasteiger partial charge is 0.495 e. The molecule has 7 nitrogen and oxygen atoms in total. The molecule has 2 amide bonds. The van der Waals surface area contributed by atoms with Crippen LogP contribution in [0.25, 0.3) is 0 Å². The molecule has 0 unspecified atom stereocenters. The highest BCUT2D eigenvalue weighted by molar-refractivity contribution is 9.10. The van der Waals surface area contributed by atoms with Gasteiger partial charge in [-0.2, -0.15) is 0 Å². The van der Waals surface area contributed by atoms with E-state index in [-0.39, 0.29) is 18.3 Å². The van der Waals surface area contributed by atoms with Crippen LogP contribution >= 0.6 is 15.9 Å². The molecule has 1 N–H and O–H groups in total. The summed E-state index contributed by atoms with van der Waals surface area (Å²) in [5.74, 6) is 1.09. The summed E-state index contributed by atoms with van der Waals surface area (Å²) in [6, 6.07) is 15.5. The summed E-state index contributed by atoms with van der Waals surface area (Å²) in [5.41, 5.74) is 0.803. The molecular formula is C22H21BrN2O5. The van der Waals surface area contributed by atoms with Crippen LogP contribution < -0.4 is 14.8 Å². The molecule has 2 aromatic carbocycles. The molecule has 0 aliphatic carbocycles. The normalized spacial score (nSPS) is 10.4. The van der Waals surface area contributed by atoms with Gasteiger partial charge in [-0.05, 0) is 48.5 Å². The molecule has 0 aliphatic heterocycles. The van der Waals surface area contributed by atoms with Gasteiger partial charge in [0.2, 0.25) is 0 Å². The summed E-state index contributed by atoms with van der Waals surface area (Å²) in [6.07, 6.45) is 0. The van der Waals surface area contributed by atoms with E-state index in [0.717, 1.165) is 4.47 Å². The number of hydrogen-bond donors (Lipinski definition) is 1. The zero-order chi connectivity index (χ0) is 21.7. The number of hydrogen-bond acceptors (Lipinski definition) is 5. The van der Waals surface area contributed by atoms with Gasteiger partial charge in [-0.1, -0.05) is 22.0 Å². The van der Waals surface area contributed by atoms with Crippen molar-refractivity contribution in [2.45, 2.75) is 6.61 Å². The van der Waals surface area contributed by atoms with Crippen molar-refractivity contribution in [1.82, 2.24) is 4.90 Å². The van der Waals surface area contributed by atoms with Crippen LogP contribution in [0.3, 0.4) is 0 Å². The predicted molar refractivity (Wildman–Crippen MR) is 116 cm³/mol. The van der Waals surface area contributed by atoms with Crippen LogP contribution in [-0.4, -0.2) is 37.9 Å². The fourth-order valence-corrected chi connectivity index (χ4v) is 3.05. The van der Waals surface area contributed by atoms with E-state index in [1.165, 1.54) is 12.0 Å².